The molecule has 0 bridgehead atoms. The number of nitrogens with one attached hydrogen (secondary N) is 2. The molecule has 3 heterocycles. The smallest absolute Gasteiger partial charge is 0.411 e. The van der Waals surface area contributed by atoms with Gasteiger partial charge in [-0.2, -0.15) is 0 Å². The molecular weight excluding hydrogens is 809 g/mol. The van der Waals surface area contributed by atoms with Crippen LogP contribution < -0.4 is 10.6 Å². The maximum atomic E-state index is 14.6. The van der Waals surface area contributed by atoms with Crippen LogP contribution in [0.4, 0.5) is 4.79 Å². The van der Waals surface area contributed by atoms with Gasteiger partial charge in [0, 0.05) is 45.9 Å². The van der Waals surface area contributed by atoms with Crippen LogP contribution in [0.15, 0.2) is 41.9 Å². The van der Waals surface area contributed by atoms with E-state index in [2.05, 4.69) is 15.6 Å². The van der Waals surface area contributed by atoms with Crippen molar-refractivity contribution >= 4 is 41.1 Å². The molecule has 0 aliphatic carbocycles. The maximum absolute atomic E-state index is 14.6. The summed E-state index contributed by atoms with van der Waals surface area (Å²) in [6.07, 6.45) is 4.58. The molecular formula is C47H74N6O8S. The SMILES string of the molecule is CC[C@H](C)C(C(CC(=O)N1CCCC1C(OC)C(C)C(=O)N[C@@H](Cc1ccccc1)c1nccs1)OC)N(C)C(=O)[C@@H](NC(=O)C1(C)CCCCN1C(=O)OC(C)(C)C)C(C)C. The van der Waals surface area contributed by atoms with Crippen LogP contribution in [0.25, 0.3) is 0 Å². The van der Waals surface area contributed by atoms with Crippen LogP contribution in [0.3, 0.4) is 0 Å². The predicted molar refractivity (Wildman–Crippen MR) is 241 cm³/mol. The molecule has 2 aliphatic heterocycles. The van der Waals surface area contributed by atoms with Crippen molar-refractivity contribution in [1.29, 1.82) is 0 Å². The molecule has 2 fully saturated rings. The Morgan fingerprint density at radius 2 is 1.68 bits per heavy atom. The zero-order chi connectivity index (χ0) is 45.9. The van der Waals surface area contributed by atoms with E-state index in [9.17, 15) is 24.0 Å². The second kappa shape index (κ2) is 22.5. The monoisotopic (exact) mass is 883 g/mol. The first-order chi connectivity index (χ1) is 29.3. The highest BCUT2D eigenvalue weighted by Crippen LogP contribution is 2.33. The van der Waals surface area contributed by atoms with E-state index in [1.165, 1.54) is 16.2 Å². The molecule has 2 N–H and O–H groups in total. The molecule has 346 valence electrons. The van der Waals surface area contributed by atoms with Crippen molar-refractivity contribution in [2.75, 3.05) is 34.4 Å². The van der Waals surface area contributed by atoms with E-state index < -0.39 is 53.3 Å². The van der Waals surface area contributed by atoms with Gasteiger partial charge in [0.1, 0.15) is 22.2 Å². The van der Waals surface area contributed by atoms with Crippen molar-refractivity contribution in [1.82, 2.24) is 30.3 Å². The number of carbonyl (C=O) groups is 5. The lowest BCUT2D eigenvalue weighted by atomic mass is 9.86. The van der Waals surface area contributed by atoms with E-state index in [4.69, 9.17) is 14.2 Å². The zero-order valence-electron chi connectivity index (χ0n) is 39.3. The number of nitrogens with zero attached hydrogens (tertiary/aromatic N) is 4. The third-order valence-electron chi connectivity index (χ3n) is 12.8. The molecule has 0 radical (unpaired) electrons. The Balaban J connectivity index is 1.50. The van der Waals surface area contributed by atoms with Gasteiger partial charge in [-0.15, -0.1) is 11.3 Å². The van der Waals surface area contributed by atoms with E-state index in [0.717, 1.165) is 29.8 Å². The Kier molecular flexibility index (Phi) is 18.4. The summed E-state index contributed by atoms with van der Waals surface area (Å²) in [6, 6.07) is 7.89. The molecule has 2 aliphatic rings. The standard InChI is InChI=1S/C47H74N6O8S/c1-13-31(4)39(51(10)43(56)38(30(2)3)50-44(57)47(9)23-17-18-26-53(47)45(58)61-46(6,7)8)36(59-11)29-37(54)52-25-19-22-35(52)40(60-12)32(5)41(55)49-34(42-48-24-27-62-42)28-33-20-15-14-16-21-33/h14-16,20-21,24,27,30-32,34-36,38-40H,13,17-19,22-23,25-26,28-29H2,1-12H3,(H,49,55)(H,50,57)/t31-,32?,34-,35?,36?,38-,39?,40?,47?/m0/s1. The van der Waals surface area contributed by atoms with E-state index >= 15 is 0 Å². The number of aromatic nitrogens is 1. The molecule has 2 aromatic rings. The van der Waals surface area contributed by atoms with Crippen molar-refractivity contribution in [2.45, 2.75) is 161 Å². The second-order valence-corrected chi connectivity index (χ2v) is 19.7. The molecule has 9 atom stereocenters. The molecule has 1 aromatic carbocycles. The van der Waals surface area contributed by atoms with E-state index in [0.29, 0.717) is 38.8 Å². The van der Waals surface area contributed by atoms with Gasteiger partial charge in [-0.05, 0) is 83.6 Å². The Bertz CT molecular complexity index is 1770. The highest BCUT2D eigenvalue weighted by Gasteiger charge is 2.48. The number of hydrogen-bond donors (Lipinski definition) is 2. The lowest BCUT2D eigenvalue weighted by molar-refractivity contribution is -0.148. The molecule has 15 heteroatoms. The van der Waals surface area contributed by atoms with Gasteiger partial charge in [-0.25, -0.2) is 9.78 Å². The van der Waals surface area contributed by atoms with Gasteiger partial charge in [-0.3, -0.25) is 24.1 Å². The van der Waals surface area contributed by atoms with Crippen LogP contribution in [-0.2, 0) is 39.8 Å². The normalized spacial score (nSPS) is 21.6. The summed E-state index contributed by atoms with van der Waals surface area (Å²) in [5, 5.41) is 8.99. The number of hydrogen-bond acceptors (Lipinski definition) is 10. The van der Waals surface area contributed by atoms with Gasteiger partial charge in [-0.1, -0.05) is 71.4 Å². The number of amides is 5. The lowest BCUT2D eigenvalue weighted by Gasteiger charge is -2.45. The van der Waals surface area contributed by atoms with Crippen LogP contribution in [0, 0.1) is 17.8 Å². The number of piperidine rings is 1. The largest absolute Gasteiger partial charge is 0.444 e. The minimum atomic E-state index is -1.21. The summed E-state index contributed by atoms with van der Waals surface area (Å²) in [6.45, 7) is 17.7. The van der Waals surface area contributed by atoms with Gasteiger partial charge in [0.25, 0.3) is 0 Å². The highest BCUT2D eigenvalue weighted by atomic mass is 32.1. The molecule has 2 saturated heterocycles. The van der Waals surface area contributed by atoms with Crippen LogP contribution in [-0.4, -0.2) is 125 Å². The number of likely N-dealkylation sites (N-methyl/N-ethyl adjacent to an activating group) is 1. The molecule has 6 unspecified atom stereocenters. The number of likely N-dealkylation sites (tertiary alicyclic amines) is 2. The minimum absolute atomic E-state index is 0.00145. The van der Waals surface area contributed by atoms with Crippen molar-refractivity contribution in [3.8, 4) is 0 Å². The van der Waals surface area contributed by atoms with Crippen molar-refractivity contribution < 1.29 is 38.2 Å². The zero-order valence-corrected chi connectivity index (χ0v) is 40.1. The number of benzene rings is 1. The molecule has 62 heavy (non-hydrogen) atoms. The summed E-state index contributed by atoms with van der Waals surface area (Å²) >= 11 is 1.50. The first-order valence-electron chi connectivity index (χ1n) is 22.4. The first kappa shape index (κ1) is 50.6. The van der Waals surface area contributed by atoms with Gasteiger partial charge in [0.2, 0.25) is 23.6 Å². The number of rotatable bonds is 19. The number of methoxy groups -OCH3 is 2. The first-order valence-corrected chi connectivity index (χ1v) is 23.3. The van der Waals surface area contributed by atoms with Gasteiger partial charge in [0.15, 0.2) is 0 Å². The Hall–Kier alpha value is -4.08. The molecule has 0 saturated carbocycles. The number of carbonyl (C=O) groups excluding carboxylic acids is 5. The summed E-state index contributed by atoms with van der Waals surface area (Å²) in [5.41, 5.74) is -0.863. The molecule has 1 aromatic heterocycles. The van der Waals surface area contributed by atoms with Gasteiger partial charge >= 0.3 is 6.09 Å². The predicted octanol–water partition coefficient (Wildman–Crippen LogP) is 6.78. The Morgan fingerprint density at radius 1 is 0.984 bits per heavy atom. The summed E-state index contributed by atoms with van der Waals surface area (Å²) in [5.74, 6) is -1.99. The molecule has 14 nitrogen and oxygen atoms in total. The fourth-order valence-electron chi connectivity index (χ4n) is 9.06. The Labute approximate surface area is 374 Å². The quantitative estimate of drug-likeness (QED) is 0.155. The van der Waals surface area contributed by atoms with E-state index in [-0.39, 0.29) is 48.1 Å². The average Bonchev–Trinajstić information content (AvgIpc) is 3.95. The Morgan fingerprint density at radius 3 is 2.26 bits per heavy atom. The summed E-state index contributed by atoms with van der Waals surface area (Å²) < 4.78 is 17.8. The van der Waals surface area contributed by atoms with Crippen molar-refractivity contribution in [3.05, 3.63) is 52.5 Å². The third-order valence-corrected chi connectivity index (χ3v) is 13.7. The van der Waals surface area contributed by atoms with Crippen molar-refractivity contribution in [2.24, 2.45) is 17.8 Å². The van der Waals surface area contributed by atoms with E-state index in [1.54, 1.807) is 60.1 Å². The topological polar surface area (TPSA) is 160 Å². The maximum Gasteiger partial charge on any atom is 0.411 e. The fourth-order valence-corrected chi connectivity index (χ4v) is 9.75. The second-order valence-electron chi connectivity index (χ2n) is 18.8. The molecule has 4 rings (SSSR count). The minimum Gasteiger partial charge on any atom is -0.444 e. The average molecular weight is 883 g/mol. The highest BCUT2D eigenvalue weighted by molar-refractivity contribution is 7.09. The van der Waals surface area contributed by atoms with Crippen LogP contribution in [0.2, 0.25) is 0 Å². The molecule has 5 amide bonds. The number of ether oxygens (including phenoxy) is 3. The van der Waals surface area contributed by atoms with Gasteiger partial charge in [0.05, 0.1) is 42.7 Å². The molecule has 0 spiro atoms. The summed E-state index contributed by atoms with van der Waals surface area (Å²) in [7, 11) is 4.86. The van der Waals surface area contributed by atoms with Crippen LogP contribution in [0.1, 0.15) is 124 Å². The van der Waals surface area contributed by atoms with Crippen LogP contribution >= 0.6 is 11.3 Å². The number of thiazole rings is 1. The van der Waals surface area contributed by atoms with E-state index in [1.807, 2.05) is 75.2 Å². The van der Waals surface area contributed by atoms with Gasteiger partial charge < -0.3 is 34.6 Å². The van der Waals surface area contributed by atoms with Crippen LogP contribution in [0.5, 0.6) is 0 Å². The lowest BCUT2D eigenvalue weighted by Crippen LogP contribution is -2.65. The van der Waals surface area contributed by atoms with Crippen molar-refractivity contribution in [3.63, 3.8) is 0 Å². The summed E-state index contributed by atoms with van der Waals surface area (Å²) in [4.78, 5) is 80.0. The third kappa shape index (κ3) is 12.6. The fraction of sp³-hybridized carbons (Fsp3) is 0.702.